The average Bonchev–Trinajstić information content (AvgIpc) is 2.73. The molecule has 0 saturated heterocycles. The highest BCUT2D eigenvalue weighted by Crippen LogP contribution is 2.26. The third-order valence-electron chi connectivity index (χ3n) is 3.60. The second-order valence-electron chi connectivity index (χ2n) is 5.17. The van der Waals surface area contributed by atoms with Crippen LogP contribution in [-0.2, 0) is 11.3 Å². The van der Waals surface area contributed by atoms with Gasteiger partial charge in [0.15, 0.2) is 0 Å². The Hall–Kier alpha value is -0.770. The number of nitrogens with two attached hydrogens (primary N) is 1. The number of halogens is 2. The van der Waals surface area contributed by atoms with Gasteiger partial charge < -0.3 is 10.6 Å². The van der Waals surface area contributed by atoms with Crippen molar-refractivity contribution in [3.05, 3.63) is 33.8 Å². The maximum Gasteiger partial charge on any atom is 0.227 e. The van der Waals surface area contributed by atoms with Crippen molar-refractivity contribution < 1.29 is 4.79 Å². The van der Waals surface area contributed by atoms with E-state index in [1.165, 1.54) is 0 Å². The second kappa shape index (κ2) is 6.12. The van der Waals surface area contributed by atoms with E-state index >= 15 is 0 Å². The Kier molecular flexibility index (Phi) is 4.71. The minimum absolute atomic E-state index is 0.00195. The van der Waals surface area contributed by atoms with Crippen LogP contribution in [0.4, 0.5) is 0 Å². The van der Waals surface area contributed by atoms with Crippen LogP contribution in [0.15, 0.2) is 18.2 Å². The molecule has 19 heavy (non-hydrogen) atoms. The normalized spacial score (nSPS) is 22.5. The van der Waals surface area contributed by atoms with Gasteiger partial charge in [0.05, 0.1) is 5.92 Å². The molecule has 2 N–H and O–H groups in total. The van der Waals surface area contributed by atoms with Crippen LogP contribution < -0.4 is 5.73 Å². The monoisotopic (exact) mass is 300 g/mol. The topological polar surface area (TPSA) is 46.3 Å². The molecule has 0 spiro atoms. The lowest BCUT2D eigenvalue weighted by Crippen LogP contribution is -2.39. The molecule has 0 heterocycles. The Balaban J connectivity index is 2.03. The number of nitrogens with zero attached hydrogens (tertiary/aromatic N) is 1. The highest BCUT2D eigenvalue weighted by atomic mass is 35.5. The molecule has 1 aliphatic carbocycles. The lowest BCUT2D eigenvalue weighted by atomic mass is 10.0. The number of hydrogen-bond acceptors (Lipinski definition) is 2. The Morgan fingerprint density at radius 2 is 1.95 bits per heavy atom. The van der Waals surface area contributed by atoms with Crippen molar-refractivity contribution in [2.45, 2.75) is 31.8 Å². The summed E-state index contributed by atoms with van der Waals surface area (Å²) in [6.07, 6.45) is 2.86. The van der Waals surface area contributed by atoms with Gasteiger partial charge in [0.25, 0.3) is 0 Å². The van der Waals surface area contributed by atoms with Gasteiger partial charge >= 0.3 is 0 Å². The van der Waals surface area contributed by atoms with Crippen LogP contribution in [0, 0.1) is 5.92 Å². The van der Waals surface area contributed by atoms with Gasteiger partial charge in [-0.3, -0.25) is 4.79 Å². The lowest BCUT2D eigenvalue weighted by molar-refractivity contribution is -0.134. The van der Waals surface area contributed by atoms with E-state index in [0.717, 1.165) is 24.8 Å². The summed E-state index contributed by atoms with van der Waals surface area (Å²) in [6.45, 7) is 0.502. The predicted octanol–water partition coefficient (Wildman–Crippen LogP) is 3.08. The van der Waals surface area contributed by atoms with Gasteiger partial charge in [0.2, 0.25) is 5.91 Å². The van der Waals surface area contributed by atoms with Crippen LogP contribution in [0.2, 0.25) is 10.0 Å². The predicted molar refractivity (Wildman–Crippen MR) is 78.3 cm³/mol. The van der Waals surface area contributed by atoms with E-state index in [0.29, 0.717) is 16.6 Å². The molecule has 0 bridgehead atoms. The Bertz CT molecular complexity index is 458. The van der Waals surface area contributed by atoms with Crippen molar-refractivity contribution in [1.29, 1.82) is 0 Å². The molecule has 2 unspecified atom stereocenters. The van der Waals surface area contributed by atoms with Crippen molar-refractivity contribution in [2.75, 3.05) is 7.05 Å². The Morgan fingerprint density at radius 3 is 2.47 bits per heavy atom. The number of hydrogen-bond donors (Lipinski definition) is 1. The van der Waals surface area contributed by atoms with E-state index in [2.05, 4.69) is 0 Å². The van der Waals surface area contributed by atoms with Gasteiger partial charge in [-0.2, -0.15) is 0 Å². The van der Waals surface area contributed by atoms with Crippen molar-refractivity contribution in [3.8, 4) is 0 Å². The van der Waals surface area contributed by atoms with Crippen LogP contribution >= 0.6 is 23.2 Å². The summed E-state index contributed by atoms with van der Waals surface area (Å²) in [4.78, 5) is 14.0. The standard InChI is InChI=1S/C14H18Cl2N2O/c1-18(14(19)12-3-2-4-13(12)17)8-9-5-10(15)7-11(16)6-9/h5-7,12-13H,2-4,8,17H2,1H3. The highest BCUT2D eigenvalue weighted by molar-refractivity contribution is 6.34. The zero-order valence-electron chi connectivity index (χ0n) is 10.9. The second-order valence-corrected chi connectivity index (χ2v) is 6.05. The van der Waals surface area contributed by atoms with E-state index in [4.69, 9.17) is 28.9 Å². The molecule has 2 rings (SSSR count). The molecule has 0 radical (unpaired) electrons. The first-order chi connectivity index (χ1) is 8.97. The molecule has 1 aliphatic rings. The molecular formula is C14H18Cl2N2O. The van der Waals surface area contributed by atoms with Gasteiger partial charge in [0, 0.05) is 29.7 Å². The number of benzene rings is 1. The molecule has 1 fully saturated rings. The number of carbonyl (C=O) groups is 1. The fourth-order valence-electron chi connectivity index (χ4n) is 2.63. The number of rotatable bonds is 3. The van der Waals surface area contributed by atoms with Crippen LogP contribution in [0.3, 0.4) is 0 Å². The van der Waals surface area contributed by atoms with Crippen LogP contribution in [-0.4, -0.2) is 23.9 Å². The van der Waals surface area contributed by atoms with E-state index in [1.807, 2.05) is 12.1 Å². The SMILES string of the molecule is CN(Cc1cc(Cl)cc(Cl)c1)C(=O)C1CCCC1N. The molecule has 1 aromatic rings. The Labute approximate surface area is 123 Å². The third kappa shape index (κ3) is 3.62. The summed E-state index contributed by atoms with van der Waals surface area (Å²) >= 11 is 11.9. The van der Waals surface area contributed by atoms with Crippen molar-refractivity contribution in [2.24, 2.45) is 11.7 Å². The lowest BCUT2D eigenvalue weighted by Gasteiger charge is -2.23. The molecular weight excluding hydrogens is 283 g/mol. The largest absolute Gasteiger partial charge is 0.341 e. The minimum Gasteiger partial charge on any atom is -0.341 e. The van der Waals surface area contributed by atoms with Gasteiger partial charge in [0.1, 0.15) is 0 Å². The Morgan fingerprint density at radius 1 is 1.32 bits per heavy atom. The maximum atomic E-state index is 12.3. The smallest absolute Gasteiger partial charge is 0.227 e. The van der Waals surface area contributed by atoms with E-state index in [-0.39, 0.29) is 17.9 Å². The maximum absolute atomic E-state index is 12.3. The summed E-state index contributed by atoms with van der Waals surface area (Å²) in [6, 6.07) is 5.33. The minimum atomic E-state index is -0.0420. The molecule has 1 amide bonds. The molecule has 1 saturated carbocycles. The molecule has 104 valence electrons. The summed E-state index contributed by atoms with van der Waals surface area (Å²) < 4.78 is 0. The zero-order chi connectivity index (χ0) is 14.0. The van der Waals surface area contributed by atoms with Crippen molar-refractivity contribution in [3.63, 3.8) is 0 Å². The molecule has 5 heteroatoms. The fraction of sp³-hybridized carbons (Fsp3) is 0.500. The molecule has 1 aromatic carbocycles. The molecule has 3 nitrogen and oxygen atoms in total. The third-order valence-corrected chi connectivity index (χ3v) is 4.04. The highest BCUT2D eigenvalue weighted by Gasteiger charge is 2.32. The summed E-state index contributed by atoms with van der Waals surface area (Å²) in [7, 11) is 1.79. The van der Waals surface area contributed by atoms with E-state index < -0.39 is 0 Å². The van der Waals surface area contributed by atoms with Gasteiger partial charge in [-0.15, -0.1) is 0 Å². The van der Waals surface area contributed by atoms with Crippen molar-refractivity contribution >= 4 is 29.1 Å². The molecule has 0 aromatic heterocycles. The summed E-state index contributed by atoms with van der Waals surface area (Å²) in [5.41, 5.74) is 6.90. The first kappa shape index (κ1) is 14.6. The summed E-state index contributed by atoms with van der Waals surface area (Å²) in [5.74, 6) is 0.0701. The summed E-state index contributed by atoms with van der Waals surface area (Å²) in [5, 5.41) is 1.17. The number of amides is 1. The van der Waals surface area contributed by atoms with Crippen LogP contribution in [0.5, 0.6) is 0 Å². The average molecular weight is 301 g/mol. The fourth-order valence-corrected chi connectivity index (χ4v) is 3.20. The van der Waals surface area contributed by atoms with Gasteiger partial charge in [-0.25, -0.2) is 0 Å². The van der Waals surface area contributed by atoms with Gasteiger partial charge in [-0.1, -0.05) is 29.6 Å². The number of carbonyl (C=O) groups excluding carboxylic acids is 1. The molecule has 0 aliphatic heterocycles. The quantitative estimate of drug-likeness (QED) is 0.932. The van der Waals surface area contributed by atoms with E-state index in [1.54, 1.807) is 18.0 Å². The van der Waals surface area contributed by atoms with Crippen LogP contribution in [0.1, 0.15) is 24.8 Å². The first-order valence-electron chi connectivity index (χ1n) is 6.43. The first-order valence-corrected chi connectivity index (χ1v) is 7.18. The molecule has 2 atom stereocenters. The van der Waals surface area contributed by atoms with Crippen LogP contribution in [0.25, 0.3) is 0 Å². The van der Waals surface area contributed by atoms with Gasteiger partial charge in [-0.05, 0) is 36.6 Å². The van der Waals surface area contributed by atoms with Crippen molar-refractivity contribution in [1.82, 2.24) is 4.90 Å². The van der Waals surface area contributed by atoms with E-state index in [9.17, 15) is 4.79 Å². The zero-order valence-corrected chi connectivity index (χ0v) is 12.4.